The molecule has 0 bridgehead atoms. The zero-order valence-corrected chi connectivity index (χ0v) is 15.4. The minimum atomic E-state index is 0.0385. The van der Waals surface area contributed by atoms with E-state index in [2.05, 4.69) is 26.8 Å². The highest BCUT2D eigenvalue weighted by molar-refractivity contribution is 6.17. The second-order valence-electron chi connectivity index (χ2n) is 7.97. The predicted molar refractivity (Wildman–Crippen MR) is 98.4 cm³/mol. The number of Topliss-reactive ketones (excluding diaryl/α,β-unsaturated/α-hetero) is 1. The summed E-state index contributed by atoms with van der Waals surface area (Å²) < 4.78 is 12.3. The zero-order chi connectivity index (χ0) is 17.9. The molecule has 4 heteroatoms. The number of quaternary nitrogens is 1. The van der Waals surface area contributed by atoms with Crippen molar-refractivity contribution in [1.29, 1.82) is 0 Å². The van der Waals surface area contributed by atoms with Gasteiger partial charge in [-0.1, -0.05) is 24.3 Å². The topological polar surface area (TPSA) is 43.9 Å². The van der Waals surface area contributed by atoms with Crippen molar-refractivity contribution in [3.63, 3.8) is 0 Å². The van der Waals surface area contributed by atoms with E-state index in [1.165, 1.54) is 4.90 Å². The Hall–Kier alpha value is -2.33. The van der Waals surface area contributed by atoms with E-state index in [1.807, 2.05) is 25.1 Å². The van der Waals surface area contributed by atoms with Crippen LogP contribution < -0.4 is 9.64 Å². The Balaban J connectivity index is 2.12. The molecule has 0 radical (unpaired) electrons. The van der Waals surface area contributed by atoms with Crippen molar-refractivity contribution in [2.24, 2.45) is 0 Å². The van der Waals surface area contributed by atoms with E-state index in [1.54, 1.807) is 6.92 Å². The Labute approximate surface area is 147 Å². The Morgan fingerprint density at radius 1 is 1.16 bits per heavy atom. The van der Waals surface area contributed by atoms with Crippen molar-refractivity contribution >= 4 is 27.5 Å². The molecule has 1 aliphatic heterocycles. The van der Waals surface area contributed by atoms with E-state index in [9.17, 15) is 4.79 Å². The average molecular weight is 338 g/mol. The molecule has 0 fully saturated rings. The Bertz CT molecular complexity index is 1010. The fraction of sp³-hybridized carbons (Fsp3) is 0.381. The third-order valence-corrected chi connectivity index (χ3v) is 5.27. The molecule has 2 aromatic carbocycles. The molecule has 3 aromatic rings. The Morgan fingerprint density at radius 3 is 2.48 bits per heavy atom. The average Bonchev–Trinajstić information content (AvgIpc) is 2.91. The second kappa shape index (κ2) is 5.33. The standard InChI is InChI=1S/C21H23NO3/c1-12(23)17-13(2)25-20-15-9-7-6-8-14(15)19-16(18(17)20)10-22(11-24-19)21(3,4)5/h6-9H,10-11H2,1-5H3/p+1. The third kappa shape index (κ3) is 2.35. The summed E-state index contributed by atoms with van der Waals surface area (Å²) in [5.74, 6) is 1.62. The van der Waals surface area contributed by atoms with Gasteiger partial charge in [-0.25, -0.2) is 0 Å². The van der Waals surface area contributed by atoms with Gasteiger partial charge in [-0.15, -0.1) is 0 Å². The molecule has 1 aromatic heterocycles. The second-order valence-corrected chi connectivity index (χ2v) is 7.97. The van der Waals surface area contributed by atoms with Crippen LogP contribution in [0.25, 0.3) is 21.7 Å². The van der Waals surface area contributed by atoms with Gasteiger partial charge in [0.05, 0.1) is 16.7 Å². The lowest BCUT2D eigenvalue weighted by molar-refractivity contribution is -0.976. The van der Waals surface area contributed by atoms with E-state index in [0.29, 0.717) is 18.1 Å². The number of carbonyl (C=O) groups is 1. The van der Waals surface area contributed by atoms with Gasteiger partial charge >= 0.3 is 0 Å². The highest BCUT2D eigenvalue weighted by Gasteiger charge is 2.35. The van der Waals surface area contributed by atoms with Gasteiger partial charge in [0, 0.05) is 16.2 Å². The highest BCUT2D eigenvalue weighted by atomic mass is 16.5. The summed E-state index contributed by atoms with van der Waals surface area (Å²) in [5.41, 5.74) is 2.64. The van der Waals surface area contributed by atoms with Crippen LogP contribution in [0.4, 0.5) is 0 Å². The first kappa shape index (κ1) is 16.2. The number of aryl methyl sites for hydroxylation is 1. The molecule has 4 rings (SSSR count). The van der Waals surface area contributed by atoms with Crippen LogP contribution in [0.15, 0.2) is 28.7 Å². The van der Waals surface area contributed by atoms with Crippen LogP contribution >= 0.6 is 0 Å². The minimum absolute atomic E-state index is 0.0385. The zero-order valence-electron chi connectivity index (χ0n) is 15.4. The number of furan rings is 1. The molecule has 0 aliphatic carbocycles. The first-order chi connectivity index (χ1) is 11.8. The lowest BCUT2D eigenvalue weighted by Gasteiger charge is -2.36. The molecule has 4 nitrogen and oxygen atoms in total. The Kier molecular flexibility index (Phi) is 3.45. The smallest absolute Gasteiger partial charge is 0.223 e. The summed E-state index contributed by atoms with van der Waals surface area (Å²) in [6.07, 6.45) is 0. The van der Waals surface area contributed by atoms with Crippen molar-refractivity contribution in [3.05, 3.63) is 41.2 Å². The molecule has 130 valence electrons. The first-order valence-electron chi connectivity index (χ1n) is 8.74. The summed E-state index contributed by atoms with van der Waals surface area (Å²) in [6.45, 7) is 11.6. The maximum Gasteiger partial charge on any atom is 0.223 e. The third-order valence-electron chi connectivity index (χ3n) is 5.27. The minimum Gasteiger partial charge on any atom is -0.460 e. The van der Waals surface area contributed by atoms with Crippen molar-refractivity contribution in [1.82, 2.24) is 0 Å². The van der Waals surface area contributed by atoms with Crippen LogP contribution in [0.2, 0.25) is 0 Å². The number of hydrogen-bond donors (Lipinski definition) is 1. The van der Waals surface area contributed by atoms with Crippen LogP contribution in [0.3, 0.4) is 0 Å². The number of ether oxygens (including phenoxy) is 1. The van der Waals surface area contributed by atoms with Crippen molar-refractivity contribution in [2.75, 3.05) is 6.73 Å². The van der Waals surface area contributed by atoms with Crippen molar-refractivity contribution < 1.29 is 18.8 Å². The normalized spacial score (nSPS) is 17.6. The number of carbonyl (C=O) groups excluding carboxylic acids is 1. The molecule has 1 atom stereocenters. The van der Waals surface area contributed by atoms with Crippen LogP contribution in [0.1, 0.15) is 49.4 Å². The summed E-state index contributed by atoms with van der Waals surface area (Å²) in [4.78, 5) is 13.7. The molecule has 0 spiro atoms. The summed E-state index contributed by atoms with van der Waals surface area (Å²) in [6, 6.07) is 8.12. The predicted octanol–water partition coefficient (Wildman–Crippen LogP) is 3.63. The van der Waals surface area contributed by atoms with Crippen LogP contribution in [0.5, 0.6) is 5.75 Å². The molecule has 25 heavy (non-hydrogen) atoms. The van der Waals surface area contributed by atoms with Crippen molar-refractivity contribution in [3.8, 4) is 5.75 Å². The summed E-state index contributed by atoms with van der Waals surface area (Å²) >= 11 is 0. The SMILES string of the molecule is CC(=O)c1c(C)oc2c1c1c(c3ccccc32)OC[NH+](C(C)(C)C)C1. The summed E-state index contributed by atoms with van der Waals surface area (Å²) in [7, 11) is 0. The summed E-state index contributed by atoms with van der Waals surface area (Å²) in [5, 5.41) is 2.99. The van der Waals surface area contributed by atoms with E-state index in [4.69, 9.17) is 9.15 Å². The van der Waals surface area contributed by atoms with Crippen LogP contribution in [-0.2, 0) is 6.54 Å². The maximum atomic E-state index is 12.3. The van der Waals surface area contributed by atoms with Gasteiger partial charge in [0.1, 0.15) is 23.6 Å². The van der Waals surface area contributed by atoms with Gasteiger partial charge in [-0.05, 0) is 34.6 Å². The molecule has 0 amide bonds. The molecular formula is C21H24NO3+. The molecule has 2 heterocycles. The van der Waals surface area contributed by atoms with E-state index >= 15 is 0 Å². The lowest BCUT2D eigenvalue weighted by Crippen LogP contribution is -3.19. The molecule has 0 saturated carbocycles. The number of nitrogens with one attached hydrogen (secondary N) is 1. The van der Waals surface area contributed by atoms with Crippen LogP contribution in [-0.4, -0.2) is 18.1 Å². The maximum absolute atomic E-state index is 12.3. The monoisotopic (exact) mass is 338 g/mol. The van der Waals surface area contributed by atoms with Gasteiger partial charge in [0.2, 0.25) is 6.73 Å². The highest BCUT2D eigenvalue weighted by Crippen LogP contribution is 2.42. The van der Waals surface area contributed by atoms with Gasteiger partial charge < -0.3 is 9.15 Å². The first-order valence-corrected chi connectivity index (χ1v) is 8.74. The molecule has 0 saturated heterocycles. The molecule has 1 unspecified atom stereocenters. The quantitative estimate of drug-likeness (QED) is 0.689. The molecule has 1 aliphatic rings. The van der Waals surface area contributed by atoms with Gasteiger partial charge in [0.15, 0.2) is 5.78 Å². The number of fused-ring (bicyclic) bond motifs is 6. The Morgan fingerprint density at radius 2 is 1.84 bits per heavy atom. The number of hydrogen-bond acceptors (Lipinski definition) is 3. The number of benzene rings is 2. The van der Waals surface area contributed by atoms with Gasteiger partial charge in [-0.2, -0.15) is 0 Å². The fourth-order valence-corrected chi connectivity index (χ4v) is 3.84. The van der Waals surface area contributed by atoms with E-state index in [0.717, 1.165) is 39.6 Å². The number of rotatable bonds is 1. The lowest BCUT2D eigenvalue weighted by atomic mass is 9.94. The van der Waals surface area contributed by atoms with E-state index < -0.39 is 0 Å². The fourth-order valence-electron chi connectivity index (χ4n) is 3.84. The molecule has 1 N–H and O–H groups in total. The van der Waals surface area contributed by atoms with Gasteiger partial charge in [0.25, 0.3) is 0 Å². The van der Waals surface area contributed by atoms with Gasteiger partial charge in [-0.3, -0.25) is 9.69 Å². The molecular weight excluding hydrogens is 314 g/mol. The van der Waals surface area contributed by atoms with Crippen molar-refractivity contribution in [2.45, 2.75) is 46.7 Å². The largest absolute Gasteiger partial charge is 0.460 e. The number of ketones is 1. The van der Waals surface area contributed by atoms with E-state index in [-0.39, 0.29) is 11.3 Å². The van der Waals surface area contributed by atoms with Crippen LogP contribution in [0, 0.1) is 6.92 Å².